The number of ether oxygens (including phenoxy) is 2. The molecular weight excluding hydrogens is 429 g/mol. The molecule has 0 saturated carbocycles. The van der Waals surface area contributed by atoms with Crippen LogP contribution in [0.1, 0.15) is 25.0 Å². The number of esters is 1. The van der Waals surface area contributed by atoms with Crippen molar-refractivity contribution in [1.29, 1.82) is 0 Å². The Labute approximate surface area is 184 Å². The fourth-order valence-corrected chi connectivity index (χ4v) is 3.21. The molecule has 0 heterocycles. The van der Waals surface area contributed by atoms with E-state index in [1.807, 2.05) is 18.4 Å². The number of amides is 1. The summed E-state index contributed by atoms with van der Waals surface area (Å²) < 4.78 is 24.5. The molecule has 0 bridgehead atoms. The van der Waals surface area contributed by atoms with Gasteiger partial charge in [-0.1, -0.05) is 13.0 Å². The number of aromatic hydroxyl groups is 1. The topological polar surface area (TPSA) is 84.9 Å². The van der Waals surface area contributed by atoms with E-state index < -0.39 is 29.7 Å². The number of benzene rings is 2. The van der Waals surface area contributed by atoms with Crippen LogP contribution in [0.3, 0.4) is 0 Å². The number of nitrogens with one attached hydrogen (secondary N) is 1. The predicted molar refractivity (Wildman–Crippen MR) is 118 cm³/mol. The molecule has 0 aliphatic carbocycles. The Morgan fingerprint density at radius 3 is 2.53 bits per heavy atom. The molecule has 0 aliphatic heterocycles. The summed E-state index contributed by atoms with van der Waals surface area (Å²) in [4.78, 5) is 24.8. The van der Waals surface area contributed by atoms with Crippen LogP contribution < -0.4 is 5.32 Å². The van der Waals surface area contributed by atoms with Gasteiger partial charge in [-0.05, 0) is 54.6 Å². The molecule has 2 atom stereocenters. The molecule has 0 aliphatic rings. The van der Waals surface area contributed by atoms with Crippen LogP contribution in [0.15, 0.2) is 47.4 Å². The quantitative estimate of drug-likeness (QED) is 0.280. The summed E-state index contributed by atoms with van der Waals surface area (Å²) in [6.07, 6.45) is 0.805. The van der Waals surface area contributed by atoms with Crippen molar-refractivity contribution in [2.24, 2.45) is 5.92 Å². The van der Waals surface area contributed by atoms with E-state index in [9.17, 15) is 19.1 Å². The van der Waals surface area contributed by atoms with Crippen molar-refractivity contribution in [3.8, 4) is 5.75 Å². The van der Waals surface area contributed by atoms with Crippen LogP contribution in [0.5, 0.6) is 5.75 Å². The number of phenolic OH excluding ortho intramolecular Hbond substituents is 1. The lowest BCUT2D eigenvalue weighted by molar-refractivity contribution is -0.141. The number of halogens is 1. The highest BCUT2D eigenvalue weighted by Crippen LogP contribution is 2.31. The zero-order valence-electron chi connectivity index (χ0n) is 16.6. The maximum absolute atomic E-state index is 13.9. The first kappa shape index (κ1) is 23.9. The summed E-state index contributed by atoms with van der Waals surface area (Å²) in [5, 5.41) is 12.1. The van der Waals surface area contributed by atoms with Gasteiger partial charge in [0.2, 0.25) is 0 Å². The molecule has 6 nitrogen and oxygen atoms in total. The van der Waals surface area contributed by atoms with Crippen LogP contribution in [-0.2, 0) is 14.3 Å². The summed E-state index contributed by atoms with van der Waals surface area (Å²) in [5.74, 6) is -2.10. The van der Waals surface area contributed by atoms with E-state index in [1.54, 1.807) is 30.8 Å². The van der Waals surface area contributed by atoms with Crippen molar-refractivity contribution in [2.45, 2.75) is 24.3 Å². The Balaban J connectivity index is 2.11. The average molecular weight is 454 g/mol. The smallest absolute Gasteiger partial charge is 0.412 e. The largest absolute Gasteiger partial charge is 0.505 e. The number of hydrogen-bond acceptors (Lipinski definition) is 7. The zero-order chi connectivity index (χ0) is 22.1. The van der Waals surface area contributed by atoms with E-state index >= 15 is 0 Å². The minimum absolute atomic E-state index is 0.0325. The van der Waals surface area contributed by atoms with Crippen LogP contribution in [0.25, 0.3) is 0 Å². The van der Waals surface area contributed by atoms with E-state index in [4.69, 9.17) is 9.47 Å². The monoisotopic (exact) mass is 453 g/mol. The van der Waals surface area contributed by atoms with Gasteiger partial charge in [-0.2, -0.15) is 12.6 Å². The average Bonchev–Trinajstić information content (AvgIpc) is 2.74. The molecular formula is C21H24FNO5S2. The van der Waals surface area contributed by atoms with Crippen molar-refractivity contribution in [3.63, 3.8) is 0 Å². The molecule has 0 unspecified atom stereocenters. The number of phenols is 1. The van der Waals surface area contributed by atoms with Crippen LogP contribution in [0.2, 0.25) is 0 Å². The van der Waals surface area contributed by atoms with Crippen LogP contribution >= 0.6 is 24.4 Å². The molecule has 0 aromatic heterocycles. The Hall–Kier alpha value is -2.39. The third-order valence-corrected chi connectivity index (χ3v) is 5.35. The Kier molecular flexibility index (Phi) is 9.32. The highest BCUT2D eigenvalue weighted by molar-refractivity contribution is 7.98. The summed E-state index contributed by atoms with van der Waals surface area (Å²) in [6.45, 7) is 1.91. The van der Waals surface area contributed by atoms with Crippen LogP contribution in [-0.4, -0.2) is 35.8 Å². The lowest BCUT2D eigenvalue weighted by Crippen LogP contribution is -2.23. The fraction of sp³-hybridized carbons (Fsp3) is 0.333. The SMILES string of the molecule is CSc1ccc(NC(=O)O[C@@H](c2ccc(O)c(F)c2)[C@H](C)CCOC(=O)CS)cc1. The first-order valence-corrected chi connectivity index (χ1v) is 11.1. The first-order chi connectivity index (χ1) is 14.3. The molecule has 9 heteroatoms. The van der Waals surface area contributed by atoms with Crippen molar-refractivity contribution in [1.82, 2.24) is 0 Å². The van der Waals surface area contributed by atoms with Gasteiger partial charge >= 0.3 is 12.1 Å². The van der Waals surface area contributed by atoms with Gasteiger partial charge in [-0.25, -0.2) is 9.18 Å². The highest BCUT2D eigenvalue weighted by atomic mass is 32.2. The Bertz CT molecular complexity index is 863. The zero-order valence-corrected chi connectivity index (χ0v) is 18.3. The van der Waals surface area contributed by atoms with E-state index in [2.05, 4.69) is 17.9 Å². The molecule has 2 rings (SSSR count). The number of thiol groups is 1. The van der Waals surface area contributed by atoms with Crippen molar-refractivity contribution >= 4 is 42.1 Å². The van der Waals surface area contributed by atoms with E-state index in [-0.39, 0.29) is 18.3 Å². The number of thioether (sulfide) groups is 1. The number of hydrogen-bond donors (Lipinski definition) is 3. The van der Waals surface area contributed by atoms with E-state index in [1.165, 1.54) is 12.1 Å². The molecule has 162 valence electrons. The van der Waals surface area contributed by atoms with Gasteiger partial charge < -0.3 is 14.6 Å². The molecule has 2 aromatic rings. The fourth-order valence-electron chi connectivity index (χ4n) is 2.71. The van der Waals surface area contributed by atoms with Gasteiger partial charge in [0.15, 0.2) is 11.6 Å². The van der Waals surface area contributed by atoms with Crippen molar-refractivity contribution < 1.29 is 28.6 Å². The van der Waals surface area contributed by atoms with Gasteiger partial charge in [0, 0.05) is 16.5 Å². The molecule has 0 spiro atoms. The molecule has 0 saturated heterocycles. The molecule has 2 aromatic carbocycles. The maximum atomic E-state index is 13.9. The minimum Gasteiger partial charge on any atom is -0.505 e. The summed E-state index contributed by atoms with van der Waals surface area (Å²) in [6, 6.07) is 11.0. The third kappa shape index (κ3) is 7.14. The standard InChI is InChI=1S/C21H24FNO5S2/c1-13(9-10-27-19(25)12-29)20(14-3-8-18(24)17(22)11-14)28-21(26)23-15-4-6-16(30-2)7-5-15/h3-8,11,13,20,24,29H,9-10,12H2,1-2H3,(H,23,26)/t13-,20-/m1/s1. The molecule has 2 N–H and O–H groups in total. The Morgan fingerprint density at radius 2 is 1.93 bits per heavy atom. The van der Waals surface area contributed by atoms with Gasteiger partial charge in [0.05, 0.1) is 12.4 Å². The third-order valence-electron chi connectivity index (χ3n) is 4.35. The van der Waals surface area contributed by atoms with Crippen molar-refractivity contribution in [3.05, 3.63) is 53.8 Å². The normalized spacial score (nSPS) is 12.7. The molecule has 1 amide bonds. The lowest BCUT2D eigenvalue weighted by Gasteiger charge is -2.25. The minimum atomic E-state index is -0.819. The van der Waals surface area contributed by atoms with Crippen LogP contribution in [0, 0.1) is 11.7 Å². The maximum Gasteiger partial charge on any atom is 0.412 e. The first-order valence-electron chi connectivity index (χ1n) is 9.20. The number of rotatable bonds is 9. The molecule has 0 radical (unpaired) electrons. The molecule has 30 heavy (non-hydrogen) atoms. The number of carbonyl (C=O) groups excluding carboxylic acids is 2. The lowest BCUT2D eigenvalue weighted by atomic mass is 9.94. The van der Waals surface area contributed by atoms with Gasteiger partial charge in [-0.3, -0.25) is 10.1 Å². The van der Waals surface area contributed by atoms with Crippen molar-refractivity contribution in [2.75, 3.05) is 23.9 Å². The predicted octanol–water partition coefficient (Wildman–Crippen LogP) is 5.04. The highest BCUT2D eigenvalue weighted by Gasteiger charge is 2.25. The summed E-state index contributed by atoms with van der Waals surface area (Å²) in [7, 11) is 0. The van der Waals surface area contributed by atoms with E-state index in [0.29, 0.717) is 17.7 Å². The Morgan fingerprint density at radius 1 is 1.23 bits per heavy atom. The summed E-state index contributed by atoms with van der Waals surface area (Å²) in [5.41, 5.74) is 0.940. The summed E-state index contributed by atoms with van der Waals surface area (Å²) >= 11 is 5.43. The van der Waals surface area contributed by atoms with Gasteiger partial charge in [0.1, 0.15) is 6.10 Å². The number of anilines is 1. The number of carbonyl (C=O) groups is 2. The second-order valence-corrected chi connectivity index (χ2v) is 7.73. The van der Waals surface area contributed by atoms with Gasteiger partial charge in [-0.15, -0.1) is 11.8 Å². The van der Waals surface area contributed by atoms with Gasteiger partial charge in [0.25, 0.3) is 0 Å². The van der Waals surface area contributed by atoms with Crippen LogP contribution in [0.4, 0.5) is 14.9 Å². The molecule has 0 fully saturated rings. The second kappa shape index (κ2) is 11.7. The second-order valence-electron chi connectivity index (χ2n) is 6.53. The van der Waals surface area contributed by atoms with E-state index in [0.717, 1.165) is 11.0 Å².